The number of piperazine rings is 1. The van der Waals surface area contributed by atoms with Crippen molar-refractivity contribution in [2.45, 2.75) is 89.3 Å². The zero-order valence-corrected chi connectivity index (χ0v) is 34.8. The fourth-order valence-corrected chi connectivity index (χ4v) is 10.1. The number of imide groups is 1. The van der Waals surface area contributed by atoms with E-state index in [1.54, 1.807) is 17.7 Å². The van der Waals surface area contributed by atoms with Crippen LogP contribution in [0.4, 0.5) is 23.1 Å². The number of rotatable bonds is 10. The van der Waals surface area contributed by atoms with E-state index in [0.717, 1.165) is 121 Å². The maximum absolute atomic E-state index is 13.6. The lowest BCUT2D eigenvalue weighted by atomic mass is 9.90. The van der Waals surface area contributed by atoms with Gasteiger partial charge in [-0.05, 0) is 81.3 Å². The number of pyridine rings is 2. The summed E-state index contributed by atoms with van der Waals surface area (Å²) in [5.41, 5.74) is 4.39. The van der Waals surface area contributed by atoms with Gasteiger partial charge in [0.25, 0.3) is 5.56 Å². The van der Waals surface area contributed by atoms with Crippen LogP contribution in [-0.2, 0) is 14.3 Å². The number of anilines is 4. The van der Waals surface area contributed by atoms with Gasteiger partial charge < -0.3 is 19.9 Å². The number of piperidine rings is 2. The first-order chi connectivity index (χ1) is 29.2. The largest absolute Gasteiger partial charge is 0.374 e. The number of hydrogen-bond acceptors (Lipinski definition) is 13. The summed E-state index contributed by atoms with van der Waals surface area (Å²) in [5, 5.41) is 6.44. The van der Waals surface area contributed by atoms with Crippen molar-refractivity contribution in [1.82, 2.24) is 34.6 Å². The lowest BCUT2D eigenvalue weighted by Crippen LogP contribution is -2.55. The minimum atomic E-state index is -0.261. The van der Waals surface area contributed by atoms with E-state index in [1.165, 1.54) is 12.6 Å². The van der Waals surface area contributed by atoms with Gasteiger partial charge in [-0.25, -0.2) is 9.97 Å². The molecule has 4 aliphatic heterocycles. The number of ether oxygens (including phenoxy) is 1. The molecule has 316 valence electrons. The number of carbonyl (C=O) groups excluding carboxylic acids is 3. The number of fused-ring (bicyclic) bond motifs is 1. The Morgan fingerprint density at radius 3 is 2.27 bits per heavy atom. The van der Waals surface area contributed by atoms with Gasteiger partial charge in [-0.1, -0.05) is 25.0 Å². The molecule has 15 nitrogen and oxygen atoms in total. The van der Waals surface area contributed by atoms with Crippen LogP contribution in [0.25, 0.3) is 11.0 Å². The van der Waals surface area contributed by atoms with Gasteiger partial charge in [-0.3, -0.25) is 38.9 Å². The molecule has 5 aliphatic rings. The first-order valence-electron chi connectivity index (χ1n) is 21.9. The Hall–Kier alpha value is -5.25. The van der Waals surface area contributed by atoms with E-state index in [2.05, 4.69) is 53.4 Å². The Balaban J connectivity index is 0.748. The Bertz CT molecular complexity index is 2280. The normalized spacial score (nSPS) is 22.7. The zero-order chi connectivity index (χ0) is 41.3. The average molecular weight is 817 g/mol. The van der Waals surface area contributed by atoms with Crippen LogP contribution >= 0.6 is 0 Å². The summed E-state index contributed by atoms with van der Waals surface area (Å²) in [5.74, 6) is 0.132. The molecular formula is C45H56N10O5. The minimum Gasteiger partial charge on any atom is -0.374 e. The number of aryl methyl sites for hydroxylation is 1. The van der Waals surface area contributed by atoms with Crippen molar-refractivity contribution in [3.05, 3.63) is 75.8 Å². The van der Waals surface area contributed by atoms with E-state index in [1.807, 2.05) is 24.4 Å². The third-order valence-corrected chi connectivity index (χ3v) is 13.5. The van der Waals surface area contributed by atoms with Gasteiger partial charge in [-0.2, -0.15) is 4.98 Å². The highest BCUT2D eigenvalue weighted by Crippen LogP contribution is 2.33. The third kappa shape index (κ3) is 8.39. The molecule has 2 amide bonds. The van der Waals surface area contributed by atoms with E-state index >= 15 is 0 Å². The van der Waals surface area contributed by atoms with Crippen LogP contribution in [0, 0.1) is 6.92 Å². The summed E-state index contributed by atoms with van der Waals surface area (Å²) in [7, 11) is 0. The van der Waals surface area contributed by atoms with Crippen molar-refractivity contribution >= 4 is 51.8 Å². The number of hydrogen-bond donors (Lipinski definition) is 2. The lowest BCUT2D eigenvalue weighted by molar-refractivity contribution is -0.134. The molecule has 60 heavy (non-hydrogen) atoms. The van der Waals surface area contributed by atoms with Crippen LogP contribution in [0.15, 0.2) is 53.6 Å². The number of amides is 2. The predicted octanol–water partition coefficient (Wildman–Crippen LogP) is 4.57. The summed E-state index contributed by atoms with van der Waals surface area (Å²) >= 11 is 0. The van der Waals surface area contributed by atoms with Crippen molar-refractivity contribution in [2.24, 2.45) is 0 Å². The smallest absolute Gasteiger partial charge is 0.263 e. The highest BCUT2D eigenvalue weighted by Gasteiger charge is 2.32. The monoisotopic (exact) mass is 816 g/mol. The second-order valence-corrected chi connectivity index (χ2v) is 17.2. The number of carbonyl (C=O) groups is 3. The number of aromatic nitrogens is 4. The highest BCUT2D eigenvalue weighted by molar-refractivity contribution is 6.01. The fraction of sp³-hybridized carbons (Fsp3) is 0.533. The van der Waals surface area contributed by atoms with Crippen LogP contribution in [-0.4, -0.2) is 125 Å². The second kappa shape index (κ2) is 17.4. The van der Waals surface area contributed by atoms with Gasteiger partial charge in [0, 0.05) is 94.7 Å². The fourth-order valence-electron chi connectivity index (χ4n) is 10.1. The second-order valence-electron chi connectivity index (χ2n) is 17.2. The van der Waals surface area contributed by atoms with Crippen LogP contribution in [0.5, 0.6) is 0 Å². The van der Waals surface area contributed by atoms with E-state index in [4.69, 9.17) is 14.7 Å². The number of Topliss-reactive ketones (excluding diaryl/α,β-unsaturated/α-hetero) is 1. The van der Waals surface area contributed by atoms with Crippen molar-refractivity contribution in [1.29, 1.82) is 0 Å². The van der Waals surface area contributed by atoms with Crippen LogP contribution in [0.2, 0.25) is 0 Å². The first kappa shape index (κ1) is 40.2. The van der Waals surface area contributed by atoms with Crippen molar-refractivity contribution in [3.8, 4) is 0 Å². The van der Waals surface area contributed by atoms with Gasteiger partial charge in [-0.15, -0.1) is 0 Å². The Morgan fingerprint density at radius 1 is 0.833 bits per heavy atom. The van der Waals surface area contributed by atoms with Gasteiger partial charge in [0.1, 0.15) is 11.5 Å². The van der Waals surface area contributed by atoms with Gasteiger partial charge >= 0.3 is 0 Å². The summed E-state index contributed by atoms with van der Waals surface area (Å²) in [6, 6.07) is 12.9. The topological polar surface area (TPSA) is 158 Å². The molecule has 1 aliphatic carbocycles. The molecule has 1 saturated carbocycles. The molecule has 2 N–H and O–H groups in total. The minimum absolute atomic E-state index is 0.0205. The van der Waals surface area contributed by atoms with Gasteiger partial charge in [0.05, 0.1) is 36.1 Å². The van der Waals surface area contributed by atoms with Crippen molar-refractivity contribution in [3.63, 3.8) is 0 Å². The number of ketones is 1. The molecule has 0 radical (unpaired) electrons. The average Bonchev–Trinajstić information content (AvgIpc) is 3.79. The summed E-state index contributed by atoms with van der Waals surface area (Å²) in [4.78, 5) is 74.1. The standard InChI is InChI=1S/C45H56N10O5/c1-29-38-26-47-45(50-42(38)55(34-5-3-4-6-34)44(59)41(29)30(2)56)48-39-13-11-35(25-46-39)53-21-19-51(20-22-53)27-36-28-54(23-24-60-36)33-15-17-52(18-16-33)32-9-7-31(8-10-32)37-12-14-40(57)49-43(37)58/h7-11,13,25-26,33-34,36-37H,3-6,12,14-24,27-28H2,1-2H3,(H,49,57,58)(H,46,47,48,50). The molecule has 3 aromatic heterocycles. The molecule has 2 atom stereocenters. The zero-order valence-electron chi connectivity index (χ0n) is 34.8. The van der Waals surface area contributed by atoms with Gasteiger partial charge in [0.2, 0.25) is 17.8 Å². The van der Waals surface area contributed by atoms with Crippen molar-refractivity contribution in [2.75, 3.05) is 80.6 Å². The SMILES string of the molecule is CC(=O)c1c(C)c2cnc(Nc3ccc(N4CCN(CC5CN(C6CCN(c7ccc(C8CCC(=O)NC8=O)cc7)CC6)CCO5)CC4)cn3)nc2n(C2CCCC2)c1=O. The summed E-state index contributed by atoms with van der Waals surface area (Å²) in [6.45, 7) is 12.6. The van der Waals surface area contributed by atoms with Gasteiger partial charge in [0.15, 0.2) is 5.78 Å². The van der Waals surface area contributed by atoms with E-state index in [9.17, 15) is 19.2 Å². The Morgan fingerprint density at radius 2 is 1.57 bits per heavy atom. The van der Waals surface area contributed by atoms with Crippen LogP contribution in [0.1, 0.15) is 91.7 Å². The van der Waals surface area contributed by atoms with E-state index < -0.39 is 0 Å². The molecule has 4 aromatic rings. The van der Waals surface area contributed by atoms with Crippen LogP contribution in [0.3, 0.4) is 0 Å². The number of morpholine rings is 1. The molecule has 5 fully saturated rings. The predicted molar refractivity (Wildman–Crippen MR) is 230 cm³/mol. The molecule has 4 saturated heterocycles. The maximum atomic E-state index is 13.6. The number of nitrogens with zero attached hydrogens (tertiary/aromatic N) is 8. The quantitative estimate of drug-likeness (QED) is 0.170. The summed E-state index contributed by atoms with van der Waals surface area (Å²) < 4.78 is 8.04. The molecule has 0 spiro atoms. The Kier molecular flexibility index (Phi) is 11.6. The molecule has 2 unspecified atom stereocenters. The summed E-state index contributed by atoms with van der Waals surface area (Å²) in [6.07, 6.45) is 10.9. The molecule has 0 bridgehead atoms. The van der Waals surface area contributed by atoms with E-state index in [-0.39, 0.29) is 46.8 Å². The third-order valence-electron chi connectivity index (χ3n) is 13.5. The molecule has 1 aromatic carbocycles. The lowest BCUT2D eigenvalue weighted by Gasteiger charge is -2.44. The molecule has 7 heterocycles. The number of nitrogens with one attached hydrogen (secondary N) is 2. The van der Waals surface area contributed by atoms with Crippen molar-refractivity contribution < 1.29 is 19.1 Å². The maximum Gasteiger partial charge on any atom is 0.263 e. The molecule has 15 heteroatoms. The first-order valence-corrected chi connectivity index (χ1v) is 21.9. The number of benzene rings is 1. The molecule has 9 rings (SSSR count). The van der Waals surface area contributed by atoms with E-state index in [0.29, 0.717) is 41.9 Å². The molecular weight excluding hydrogens is 761 g/mol. The van der Waals surface area contributed by atoms with Crippen LogP contribution < -0.4 is 26.0 Å². The Labute approximate surface area is 350 Å². The highest BCUT2D eigenvalue weighted by atomic mass is 16.5.